The molecule has 0 saturated carbocycles. The van der Waals surface area contributed by atoms with Crippen molar-refractivity contribution in [1.82, 2.24) is 4.90 Å². The molecule has 0 spiro atoms. The molecule has 1 aliphatic rings. The van der Waals surface area contributed by atoms with Gasteiger partial charge < -0.3 is 4.90 Å². The van der Waals surface area contributed by atoms with E-state index in [1.54, 1.807) is 0 Å². The summed E-state index contributed by atoms with van der Waals surface area (Å²) in [5.74, 6) is 0.684. The van der Waals surface area contributed by atoms with Crippen LogP contribution in [-0.4, -0.2) is 23.9 Å². The van der Waals surface area contributed by atoms with Crippen LogP contribution in [0.2, 0.25) is 5.02 Å². The van der Waals surface area contributed by atoms with Gasteiger partial charge in [0.15, 0.2) is 0 Å². The van der Waals surface area contributed by atoms with Crippen molar-refractivity contribution in [3.8, 4) is 0 Å². The first-order valence-corrected chi connectivity index (χ1v) is 8.19. The number of hydrogen-bond acceptors (Lipinski definition) is 1. The largest absolute Gasteiger partial charge is 0.338 e. The van der Waals surface area contributed by atoms with Gasteiger partial charge in [0.25, 0.3) is 5.91 Å². The number of rotatable bonds is 3. The lowest BCUT2D eigenvalue weighted by Crippen LogP contribution is -2.40. The van der Waals surface area contributed by atoms with Crippen molar-refractivity contribution < 1.29 is 4.79 Å². The minimum atomic E-state index is 0.154. The zero-order chi connectivity index (χ0) is 15.4. The third-order valence-electron chi connectivity index (χ3n) is 4.26. The number of nitrogens with zero attached hydrogens (tertiary/aromatic N) is 1. The fourth-order valence-electron chi connectivity index (χ4n) is 3.13. The van der Waals surface area contributed by atoms with E-state index < -0.39 is 0 Å². The highest BCUT2D eigenvalue weighted by atomic mass is 35.5. The zero-order valence-corrected chi connectivity index (χ0v) is 13.3. The van der Waals surface area contributed by atoms with Crippen molar-refractivity contribution in [1.29, 1.82) is 0 Å². The van der Waals surface area contributed by atoms with Gasteiger partial charge in [-0.2, -0.15) is 0 Å². The molecule has 1 atom stereocenters. The molecule has 1 fully saturated rings. The number of carbonyl (C=O) groups is 1. The molecule has 2 nitrogen and oxygen atoms in total. The lowest BCUT2D eigenvalue weighted by molar-refractivity contribution is 0.0673. The van der Waals surface area contributed by atoms with Gasteiger partial charge in [0.05, 0.1) is 0 Å². The first-order valence-electron chi connectivity index (χ1n) is 7.81. The summed E-state index contributed by atoms with van der Waals surface area (Å²) >= 11 is 5.93. The van der Waals surface area contributed by atoms with E-state index >= 15 is 0 Å². The van der Waals surface area contributed by atoms with Crippen LogP contribution in [0, 0.1) is 5.92 Å². The smallest absolute Gasteiger partial charge is 0.253 e. The van der Waals surface area contributed by atoms with E-state index in [1.165, 1.54) is 12.0 Å². The van der Waals surface area contributed by atoms with Crippen molar-refractivity contribution in [3.63, 3.8) is 0 Å². The minimum absolute atomic E-state index is 0.154. The molecule has 1 aliphatic heterocycles. The average molecular weight is 314 g/mol. The minimum Gasteiger partial charge on any atom is -0.338 e. The molecule has 3 rings (SSSR count). The first-order chi connectivity index (χ1) is 10.7. The molecule has 2 aromatic rings. The number of halogens is 1. The summed E-state index contributed by atoms with van der Waals surface area (Å²) in [5.41, 5.74) is 2.08. The second-order valence-electron chi connectivity index (χ2n) is 5.96. The van der Waals surface area contributed by atoms with Gasteiger partial charge in [-0.1, -0.05) is 41.9 Å². The molecule has 1 heterocycles. The second-order valence-corrected chi connectivity index (χ2v) is 6.39. The first kappa shape index (κ1) is 15.1. The summed E-state index contributed by atoms with van der Waals surface area (Å²) in [6, 6.07) is 17.6. The number of hydrogen-bond donors (Lipinski definition) is 0. The van der Waals surface area contributed by atoms with Crippen LogP contribution in [0.3, 0.4) is 0 Å². The van der Waals surface area contributed by atoms with Crippen LogP contribution in [0.4, 0.5) is 0 Å². The normalized spacial score (nSPS) is 18.2. The third kappa shape index (κ3) is 3.69. The van der Waals surface area contributed by atoms with Crippen molar-refractivity contribution in [2.24, 2.45) is 5.92 Å². The molecule has 1 unspecified atom stereocenters. The van der Waals surface area contributed by atoms with E-state index in [1.807, 2.05) is 47.4 Å². The lowest BCUT2D eigenvalue weighted by Gasteiger charge is -2.33. The van der Waals surface area contributed by atoms with Gasteiger partial charge >= 0.3 is 0 Å². The topological polar surface area (TPSA) is 20.3 Å². The Bertz CT molecular complexity index is 624. The van der Waals surface area contributed by atoms with Crippen LogP contribution in [-0.2, 0) is 6.42 Å². The Balaban J connectivity index is 1.64. The summed E-state index contributed by atoms with van der Waals surface area (Å²) < 4.78 is 0. The number of likely N-dealkylation sites (tertiary alicyclic amines) is 1. The molecular weight excluding hydrogens is 294 g/mol. The average Bonchev–Trinajstić information content (AvgIpc) is 2.57. The Morgan fingerprint density at radius 3 is 2.55 bits per heavy atom. The van der Waals surface area contributed by atoms with E-state index in [4.69, 9.17) is 11.6 Å². The maximum Gasteiger partial charge on any atom is 0.253 e. The van der Waals surface area contributed by atoms with Gasteiger partial charge in [0.2, 0.25) is 0 Å². The van der Waals surface area contributed by atoms with Gasteiger partial charge in [0, 0.05) is 23.7 Å². The standard InChI is InChI=1S/C19H20ClNO/c20-18-10-8-15(9-11-18)13-16-5-4-12-21(14-16)19(22)17-6-2-1-3-7-17/h1-3,6-11,16H,4-5,12-14H2. The highest BCUT2D eigenvalue weighted by Crippen LogP contribution is 2.23. The predicted octanol–water partition coefficient (Wildman–Crippen LogP) is 4.43. The lowest BCUT2D eigenvalue weighted by atomic mass is 9.91. The van der Waals surface area contributed by atoms with Crippen LogP contribution in [0.15, 0.2) is 54.6 Å². The summed E-state index contributed by atoms with van der Waals surface area (Å²) in [6.45, 7) is 1.71. The third-order valence-corrected chi connectivity index (χ3v) is 4.52. The molecule has 0 aromatic heterocycles. The molecule has 0 aliphatic carbocycles. The maximum atomic E-state index is 12.6. The number of amides is 1. The zero-order valence-electron chi connectivity index (χ0n) is 12.5. The summed E-state index contributed by atoms with van der Waals surface area (Å²) in [5, 5.41) is 0.772. The van der Waals surface area contributed by atoms with Gasteiger partial charge in [-0.05, 0) is 55.0 Å². The fraction of sp³-hybridized carbons (Fsp3) is 0.316. The number of piperidine rings is 1. The Kier molecular flexibility index (Phi) is 4.79. The van der Waals surface area contributed by atoms with Crippen molar-refractivity contribution in [3.05, 3.63) is 70.7 Å². The van der Waals surface area contributed by atoms with Gasteiger partial charge in [-0.25, -0.2) is 0 Å². The van der Waals surface area contributed by atoms with E-state index in [2.05, 4.69) is 12.1 Å². The van der Waals surface area contributed by atoms with Gasteiger partial charge in [0.1, 0.15) is 0 Å². The molecule has 0 N–H and O–H groups in total. The Labute approximate surface area is 136 Å². The molecule has 3 heteroatoms. The quantitative estimate of drug-likeness (QED) is 0.820. The summed E-state index contributed by atoms with van der Waals surface area (Å²) in [7, 11) is 0. The highest BCUT2D eigenvalue weighted by Gasteiger charge is 2.24. The van der Waals surface area contributed by atoms with Gasteiger partial charge in [-0.15, -0.1) is 0 Å². The van der Waals surface area contributed by atoms with Crippen LogP contribution in [0.25, 0.3) is 0 Å². The van der Waals surface area contributed by atoms with Gasteiger partial charge in [-0.3, -0.25) is 4.79 Å². The molecule has 114 valence electrons. The monoisotopic (exact) mass is 313 g/mol. The van der Waals surface area contributed by atoms with Crippen molar-refractivity contribution in [2.75, 3.05) is 13.1 Å². The molecule has 0 bridgehead atoms. The SMILES string of the molecule is O=C(c1ccccc1)N1CCCC(Cc2ccc(Cl)cc2)C1. The molecule has 1 amide bonds. The number of benzene rings is 2. The molecule has 2 aromatic carbocycles. The van der Waals surface area contributed by atoms with Crippen molar-refractivity contribution >= 4 is 17.5 Å². The Morgan fingerprint density at radius 1 is 1.09 bits per heavy atom. The molecular formula is C19H20ClNO. The highest BCUT2D eigenvalue weighted by molar-refractivity contribution is 6.30. The van der Waals surface area contributed by atoms with E-state index in [9.17, 15) is 4.79 Å². The summed E-state index contributed by atoms with van der Waals surface area (Å²) in [6.07, 6.45) is 3.27. The Hall–Kier alpha value is -1.80. The summed E-state index contributed by atoms with van der Waals surface area (Å²) in [4.78, 5) is 14.6. The van der Waals surface area contributed by atoms with E-state index in [0.29, 0.717) is 5.92 Å². The molecule has 0 radical (unpaired) electrons. The van der Waals surface area contributed by atoms with E-state index in [0.717, 1.165) is 36.5 Å². The van der Waals surface area contributed by atoms with Crippen LogP contribution < -0.4 is 0 Å². The van der Waals surface area contributed by atoms with Crippen molar-refractivity contribution in [2.45, 2.75) is 19.3 Å². The fourth-order valence-corrected chi connectivity index (χ4v) is 3.26. The van der Waals surface area contributed by atoms with Crippen LogP contribution >= 0.6 is 11.6 Å². The van der Waals surface area contributed by atoms with E-state index in [-0.39, 0.29) is 5.91 Å². The maximum absolute atomic E-state index is 12.6. The number of carbonyl (C=O) groups excluding carboxylic acids is 1. The predicted molar refractivity (Wildman–Crippen MR) is 90.2 cm³/mol. The molecule has 1 saturated heterocycles. The van der Waals surface area contributed by atoms with Crippen LogP contribution in [0.5, 0.6) is 0 Å². The second kappa shape index (κ2) is 6.97. The molecule has 22 heavy (non-hydrogen) atoms. The Morgan fingerprint density at radius 2 is 1.82 bits per heavy atom. The van der Waals surface area contributed by atoms with Crippen LogP contribution in [0.1, 0.15) is 28.8 Å².